The Morgan fingerprint density at radius 1 is 1.47 bits per heavy atom. The first-order valence-corrected chi connectivity index (χ1v) is 5.31. The van der Waals surface area contributed by atoms with Crippen LogP contribution < -0.4 is 5.32 Å². The summed E-state index contributed by atoms with van der Waals surface area (Å²) in [6.07, 6.45) is 0.635. The fourth-order valence-corrected chi connectivity index (χ4v) is 2.08. The van der Waals surface area contributed by atoms with E-state index >= 15 is 0 Å². The van der Waals surface area contributed by atoms with Gasteiger partial charge < -0.3 is 5.32 Å². The first-order chi connectivity index (χ1) is 7.11. The molecule has 4 heteroatoms. The predicted molar refractivity (Wildman–Crippen MR) is 56.4 cm³/mol. The highest BCUT2D eigenvalue weighted by Gasteiger charge is 2.34. The van der Waals surface area contributed by atoms with E-state index in [1.54, 1.807) is 12.1 Å². The van der Waals surface area contributed by atoms with Crippen LogP contribution in [-0.4, -0.2) is 18.8 Å². The van der Waals surface area contributed by atoms with Crippen molar-refractivity contribution in [1.82, 2.24) is 5.32 Å². The predicted octanol–water partition coefficient (Wildman–Crippen LogP) is 2.72. The number of alkyl halides is 1. The monoisotopic (exact) mass is 231 g/mol. The Labute approximate surface area is 92.4 Å². The molecule has 2 rings (SSSR count). The van der Waals surface area contributed by atoms with Gasteiger partial charge in [0.15, 0.2) is 0 Å². The minimum atomic E-state index is -1.28. The van der Waals surface area contributed by atoms with E-state index in [9.17, 15) is 8.78 Å². The summed E-state index contributed by atoms with van der Waals surface area (Å²) in [7, 11) is 0. The van der Waals surface area contributed by atoms with Gasteiger partial charge in [-0.2, -0.15) is 0 Å². The Balaban J connectivity index is 2.20. The van der Waals surface area contributed by atoms with Gasteiger partial charge in [0, 0.05) is 13.0 Å². The molecular formula is C11H12ClF2N. The van der Waals surface area contributed by atoms with E-state index in [1.807, 2.05) is 0 Å². The number of halogens is 3. The average molecular weight is 232 g/mol. The fraction of sp³-hybridized carbons (Fsp3) is 0.455. The van der Waals surface area contributed by atoms with Crippen molar-refractivity contribution in [2.45, 2.75) is 18.5 Å². The van der Waals surface area contributed by atoms with Gasteiger partial charge in [0.2, 0.25) is 0 Å². The van der Waals surface area contributed by atoms with Gasteiger partial charge in [-0.15, -0.1) is 0 Å². The van der Waals surface area contributed by atoms with Crippen LogP contribution >= 0.6 is 11.6 Å². The standard InChI is InChI=1S/C11H12ClF2N/c12-10-8(2-1-3-9(10)13)6-11(14)4-5-15-7-11/h1-3,15H,4-7H2. The van der Waals surface area contributed by atoms with E-state index < -0.39 is 11.5 Å². The van der Waals surface area contributed by atoms with E-state index in [4.69, 9.17) is 11.6 Å². The minimum absolute atomic E-state index is 0.0430. The summed E-state index contributed by atoms with van der Waals surface area (Å²) in [5.74, 6) is -0.483. The van der Waals surface area contributed by atoms with Crippen molar-refractivity contribution in [3.05, 3.63) is 34.6 Å². The Hall–Kier alpha value is -0.670. The van der Waals surface area contributed by atoms with Crippen LogP contribution in [0.3, 0.4) is 0 Å². The van der Waals surface area contributed by atoms with Gasteiger partial charge in [-0.3, -0.25) is 0 Å². The smallest absolute Gasteiger partial charge is 0.142 e. The second-order valence-electron chi connectivity index (χ2n) is 3.97. The molecule has 1 N–H and O–H groups in total. The molecule has 1 aromatic carbocycles. The summed E-state index contributed by atoms with van der Waals surface area (Å²) < 4.78 is 27.2. The summed E-state index contributed by atoms with van der Waals surface area (Å²) in [6, 6.07) is 4.51. The highest BCUT2D eigenvalue weighted by molar-refractivity contribution is 6.31. The third-order valence-corrected chi connectivity index (χ3v) is 3.15. The molecule has 0 amide bonds. The molecule has 1 nitrogen and oxygen atoms in total. The maximum Gasteiger partial charge on any atom is 0.142 e. The summed E-state index contributed by atoms with van der Waals surface area (Å²) in [5.41, 5.74) is -0.736. The van der Waals surface area contributed by atoms with Gasteiger partial charge in [-0.05, 0) is 24.6 Å². The molecule has 1 unspecified atom stereocenters. The molecule has 1 aliphatic heterocycles. The van der Waals surface area contributed by atoms with E-state index in [0.717, 1.165) is 0 Å². The number of rotatable bonds is 2. The zero-order valence-electron chi connectivity index (χ0n) is 8.19. The molecule has 82 valence electrons. The van der Waals surface area contributed by atoms with Crippen LogP contribution in [0.2, 0.25) is 5.02 Å². The van der Waals surface area contributed by atoms with Crippen LogP contribution in [0, 0.1) is 5.82 Å². The number of benzene rings is 1. The Morgan fingerprint density at radius 2 is 2.27 bits per heavy atom. The molecule has 15 heavy (non-hydrogen) atoms. The van der Waals surface area contributed by atoms with Crippen molar-refractivity contribution in [3.8, 4) is 0 Å². The molecule has 1 heterocycles. The lowest BCUT2D eigenvalue weighted by molar-refractivity contribution is 0.190. The molecule has 1 atom stereocenters. The van der Waals surface area contributed by atoms with Crippen molar-refractivity contribution < 1.29 is 8.78 Å². The second kappa shape index (κ2) is 4.06. The molecule has 0 saturated carbocycles. The van der Waals surface area contributed by atoms with Crippen LogP contribution in [0.15, 0.2) is 18.2 Å². The van der Waals surface area contributed by atoms with Crippen LogP contribution in [0.1, 0.15) is 12.0 Å². The molecule has 1 aliphatic rings. The van der Waals surface area contributed by atoms with Gasteiger partial charge in [0.1, 0.15) is 11.5 Å². The summed E-state index contributed by atoms with van der Waals surface area (Å²) in [6.45, 7) is 0.989. The van der Waals surface area contributed by atoms with Crippen molar-refractivity contribution in [2.75, 3.05) is 13.1 Å². The van der Waals surface area contributed by atoms with E-state index in [-0.39, 0.29) is 11.4 Å². The van der Waals surface area contributed by atoms with Crippen LogP contribution in [-0.2, 0) is 6.42 Å². The number of hydrogen-bond donors (Lipinski definition) is 1. The lowest BCUT2D eigenvalue weighted by Crippen LogP contribution is -2.28. The molecule has 0 radical (unpaired) electrons. The first kappa shape index (κ1) is 10.8. The van der Waals surface area contributed by atoms with Gasteiger partial charge >= 0.3 is 0 Å². The molecule has 0 bridgehead atoms. The molecule has 1 aromatic rings. The fourth-order valence-electron chi connectivity index (χ4n) is 1.89. The van der Waals surface area contributed by atoms with E-state index in [1.165, 1.54) is 6.07 Å². The van der Waals surface area contributed by atoms with Crippen LogP contribution in [0.5, 0.6) is 0 Å². The highest BCUT2D eigenvalue weighted by Crippen LogP contribution is 2.29. The second-order valence-corrected chi connectivity index (χ2v) is 4.35. The van der Waals surface area contributed by atoms with Crippen LogP contribution in [0.25, 0.3) is 0 Å². The van der Waals surface area contributed by atoms with E-state index in [0.29, 0.717) is 25.1 Å². The molecule has 0 spiro atoms. The van der Waals surface area contributed by atoms with Gasteiger partial charge in [-0.1, -0.05) is 23.7 Å². The SMILES string of the molecule is Fc1cccc(CC2(F)CCNC2)c1Cl. The average Bonchev–Trinajstić information content (AvgIpc) is 2.60. The Bertz CT molecular complexity index is 362. The third kappa shape index (κ3) is 2.29. The summed E-state index contributed by atoms with van der Waals surface area (Å²) >= 11 is 5.77. The maximum atomic E-state index is 14.1. The maximum absolute atomic E-state index is 14.1. The van der Waals surface area contributed by atoms with E-state index in [2.05, 4.69) is 5.32 Å². The normalized spacial score (nSPS) is 25.8. The third-order valence-electron chi connectivity index (χ3n) is 2.73. The molecule has 0 aromatic heterocycles. The molecular weight excluding hydrogens is 220 g/mol. The van der Waals surface area contributed by atoms with Crippen LogP contribution in [0.4, 0.5) is 8.78 Å². The van der Waals surface area contributed by atoms with Gasteiger partial charge in [0.05, 0.1) is 5.02 Å². The lowest BCUT2D eigenvalue weighted by Gasteiger charge is -2.18. The minimum Gasteiger partial charge on any atom is -0.313 e. The molecule has 1 saturated heterocycles. The quantitative estimate of drug-likeness (QED) is 0.825. The number of nitrogens with one attached hydrogen (secondary N) is 1. The van der Waals surface area contributed by atoms with Crippen molar-refractivity contribution in [1.29, 1.82) is 0 Å². The Morgan fingerprint density at radius 3 is 2.93 bits per heavy atom. The molecule has 1 fully saturated rings. The van der Waals surface area contributed by atoms with Crippen molar-refractivity contribution in [2.24, 2.45) is 0 Å². The van der Waals surface area contributed by atoms with Crippen molar-refractivity contribution in [3.63, 3.8) is 0 Å². The zero-order valence-corrected chi connectivity index (χ0v) is 8.95. The summed E-state index contributed by atoms with van der Waals surface area (Å²) in [4.78, 5) is 0. The largest absolute Gasteiger partial charge is 0.313 e. The van der Waals surface area contributed by atoms with Crippen molar-refractivity contribution >= 4 is 11.6 Å². The Kier molecular flexibility index (Phi) is 2.94. The first-order valence-electron chi connectivity index (χ1n) is 4.93. The summed E-state index contributed by atoms with van der Waals surface area (Å²) in [5, 5.41) is 3.00. The number of hydrogen-bond acceptors (Lipinski definition) is 1. The highest BCUT2D eigenvalue weighted by atomic mass is 35.5. The lowest BCUT2D eigenvalue weighted by atomic mass is 9.95. The van der Waals surface area contributed by atoms with Gasteiger partial charge in [0.25, 0.3) is 0 Å². The molecule has 0 aliphatic carbocycles. The zero-order chi connectivity index (χ0) is 10.9. The van der Waals surface area contributed by atoms with Gasteiger partial charge in [-0.25, -0.2) is 8.78 Å². The topological polar surface area (TPSA) is 12.0 Å².